The summed E-state index contributed by atoms with van der Waals surface area (Å²) >= 11 is 0. The van der Waals surface area contributed by atoms with Gasteiger partial charge in [0.2, 0.25) is 5.89 Å². The van der Waals surface area contributed by atoms with Crippen LogP contribution in [-0.4, -0.2) is 35.3 Å². The number of hydrogen-bond donors (Lipinski definition) is 1. The van der Waals surface area contributed by atoms with Gasteiger partial charge in [0, 0.05) is 5.56 Å². The van der Waals surface area contributed by atoms with Crippen LogP contribution in [0.25, 0.3) is 11.5 Å². The number of para-hydroxylation sites is 1. The average Bonchev–Trinajstić information content (AvgIpc) is 3.17. The van der Waals surface area contributed by atoms with Crippen molar-refractivity contribution >= 4 is 17.9 Å². The average molecular weight is 381 g/mol. The Bertz CT molecular complexity index is 940. The van der Waals surface area contributed by atoms with Crippen molar-refractivity contribution in [2.24, 2.45) is 0 Å². The monoisotopic (exact) mass is 381 g/mol. The SMILES string of the molecule is Cc1ccccc1OCCC(=O)OCC(=O)Nc1nnc(-c2ccccc2)o1. The minimum Gasteiger partial charge on any atom is -0.493 e. The van der Waals surface area contributed by atoms with E-state index in [0.717, 1.165) is 11.1 Å². The number of aromatic nitrogens is 2. The number of nitrogens with zero attached hydrogens (tertiary/aromatic N) is 2. The Labute approximate surface area is 161 Å². The molecule has 0 fully saturated rings. The van der Waals surface area contributed by atoms with Crippen molar-refractivity contribution in [3.8, 4) is 17.2 Å². The summed E-state index contributed by atoms with van der Waals surface area (Å²) in [7, 11) is 0. The van der Waals surface area contributed by atoms with Crippen molar-refractivity contribution in [3.63, 3.8) is 0 Å². The number of amides is 1. The number of hydrogen-bond acceptors (Lipinski definition) is 7. The number of carbonyl (C=O) groups excluding carboxylic acids is 2. The van der Waals surface area contributed by atoms with E-state index in [1.807, 2.05) is 49.4 Å². The highest BCUT2D eigenvalue weighted by molar-refractivity contribution is 5.90. The molecule has 0 bridgehead atoms. The summed E-state index contributed by atoms with van der Waals surface area (Å²) in [6.45, 7) is 1.63. The van der Waals surface area contributed by atoms with Crippen LogP contribution in [0.4, 0.5) is 6.01 Å². The Kier molecular flexibility index (Phi) is 6.35. The number of benzene rings is 2. The van der Waals surface area contributed by atoms with Gasteiger partial charge in [-0.25, -0.2) is 0 Å². The fourth-order valence-electron chi connectivity index (χ4n) is 2.31. The van der Waals surface area contributed by atoms with E-state index in [1.165, 1.54) is 0 Å². The lowest BCUT2D eigenvalue weighted by molar-refractivity contribution is -0.147. The Morgan fingerprint density at radius 1 is 1.04 bits per heavy atom. The third-order valence-corrected chi connectivity index (χ3v) is 3.71. The molecule has 0 saturated carbocycles. The summed E-state index contributed by atoms with van der Waals surface area (Å²) in [6.07, 6.45) is 0.0281. The van der Waals surface area contributed by atoms with E-state index in [2.05, 4.69) is 15.5 Å². The number of ether oxygens (including phenoxy) is 2. The molecule has 3 rings (SSSR count). The normalized spacial score (nSPS) is 10.3. The molecule has 0 aliphatic heterocycles. The van der Waals surface area contributed by atoms with Gasteiger partial charge in [0.25, 0.3) is 5.91 Å². The summed E-state index contributed by atoms with van der Waals surface area (Å²) in [5.41, 5.74) is 1.71. The molecule has 0 saturated heterocycles. The first-order valence-electron chi connectivity index (χ1n) is 8.64. The fourth-order valence-corrected chi connectivity index (χ4v) is 2.31. The Morgan fingerprint density at radius 2 is 1.79 bits per heavy atom. The second-order valence-electron chi connectivity index (χ2n) is 5.85. The van der Waals surface area contributed by atoms with E-state index in [4.69, 9.17) is 13.9 Å². The maximum Gasteiger partial charge on any atom is 0.322 e. The number of anilines is 1. The highest BCUT2D eigenvalue weighted by atomic mass is 16.5. The summed E-state index contributed by atoms with van der Waals surface area (Å²) in [6, 6.07) is 16.6. The highest BCUT2D eigenvalue weighted by Gasteiger charge is 2.13. The highest BCUT2D eigenvalue weighted by Crippen LogP contribution is 2.19. The first kappa shape index (κ1) is 19.1. The van der Waals surface area contributed by atoms with Crippen molar-refractivity contribution in [3.05, 3.63) is 60.2 Å². The molecular formula is C20H19N3O5. The minimum atomic E-state index is -0.573. The second kappa shape index (κ2) is 9.31. The maximum atomic E-state index is 11.9. The van der Waals surface area contributed by atoms with Crippen LogP contribution in [0.3, 0.4) is 0 Å². The zero-order valence-electron chi connectivity index (χ0n) is 15.3. The molecule has 0 unspecified atom stereocenters. The molecule has 0 atom stereocenters. The van der Waals surface area contributed by atoms with Gasteiger partial charge in [-0.05, 0) is 30.7 Å². The molecule has 1 amide bonds. The van der Waals surface area contributed by atoms with Gasteiger partial charge in [0.05, 0.1) is 13.0 Å². The van der Waals surface area contributed by atoms with Crippen LogP contribution in [0.1, 0.15) is 12.0 Å². The van der Waals surface area contributed by atoms with Gasteiger partial charge >= 0.3 is 12.0 Å². The summed E-state index contributed by atoms with van der Waals surface area (Å²) in [5, 5.41) is 9.99. The lowest BCUT2D eigenvalue weighted by Crippen LogP contribution is -2.21. The molecular weight excluding hydrogens is 362 g/mol. The van der Waals surface area contributed by atoms with Gasteiger partial charge in [0.15, 0.2) is 6.61 Å². The smallest absolute Gasteiger partial charge is 0.322 e. The molecule has 8 nitrogen and oxygen atoms in total. The second-order valence-corrected chi connectivity index (χ2v) is 5.85. The quantitative estimate of drug-likeness (QED) is 0.598. The van der Waals surface area contributed by atoms with E-state index in [-0.39, 0.29) is 24.9 Å². The molecule has 1 N–H and O–H groups in total. The Balaban J connectivity index is 1.39. The summed E-state index contributed by atoms with van der Waals surface area (Å²) in [4.78, 5) is 23.6. The number of nitrogens with one attached hydrogen (secondary N) is 1. The zero-order valence-corrected chi connectivity index (χ0v) is 15.3. The first-order valence-corrected chi connectivity index (χ1v) is 8.64. The molecule has 8 heteroatoms. The van der Waals surface area contributed by atoms with Gasteiger partial charge in [-0.3, -0.25) is 14.9 Å². The van der Waals surface area contributed by atoms with Crippen LogP contribution >= 0.6 is 0 Å². The van der Waals surface area contributed by atoms with Crippen LogP contribution in [0.2, 0.25) is 0 Å². The molecule has 0 radical (unpaired) electrons. The number of esters is 1. The van der Waals surface area contributed by atoms with Gasteiger partial charge in [-0.15, -0.1) is 5.10 Å². The molecule has 28 heavy (non-hydrogen) atoms. The van der Waals surface area contributed by atoms with Crippen molar-refractivity contribution in [2.75, 3.05) is 18.5 Å². The molecule has 0 spiro atoms. The first-order chi connectivity index (χ1) is 13.6. The Morgan fingerprint density at radius 3 is 2.57 bits per heavy atom. The van der Waals surface area contributed by atoms with Gasteiger partial charge in [-0.1, -0.05) is 41.5 Å². The predicted octanol–water partition coefficient (Wildman–Crippen LogP) is 3.00. The van der Waals surface area contributed by atoms with Gasteiger partial charge < -0.3 is 13.9 Å². The number of rotatable bonds is 8. The van der Waals surface area contributed by atoms with E-state index in [9.17, 15) is 9.59 Å². The lowest BCUT2D eigenvalue weighted by atomic mass is 10.2. The molecule has 1 heterocycles. The fraction of sp³-hybridized carbons (Fsp3) is 0.200. The molecule has 0 aliphatic carbocycles. The lowest BCUT2D eigenvalue weighted by Gasteiger charge is -2.08. The molecule has 144 valence electrons. The van der Waals surface area contributed by atoms with Crippen molar-refractivity contribution in [1.29, 1.82) is 0 Å². The van der Waals surface area contributed by atoms with Crippen molar-refractivity contribution in [2.45, 2.75) is 13.3 Å². The molecule has 0 aliphatic rings. The maximum absolute atomic E-state index is 11.9. The summed E-state index contributed by atoms with van der Waals surface area (Å²) < 4.78 is 15.8. The third kappa shape index (κ3) is 5.41. The van der Waals surface area contributed by atoms with Crippen LogP contribution in [0.15, 0.2) is 59.0 Å². The third-order valence-electron chi connectivity index (χ3n) is 3.71. The summed E-state index contributed by atoms with van der Waals surface area (Å²) in [5.74, 6) is -0.129. The predicted molar refractivity (Wildman–Crippen MR) is 101 cm³/mol. The van der Waals surface area contributed by atoms with Crippen LogP contribution < -0.4 is 10.1 Å². The van der Waals surface area contributed by atoms with Gasteiger partial charge in [0.1, 0.15) is 5.75 Å². The van der Waals surface area contributed by atoms with E-state index < -0.39 is 18.5 Å². The largest absolute Gasteiger partial charge is 0.493 e. The van der Waals surface area contributed by atoms with E-state index in [1.54, 1.807) is 12.1 Å². The van der Waals surface area contributed by atoms with Crippen LogP contribution in [-0.2, 0) is 14.3 Å². The van der Waals surface area contributed by atoms with Crippen LogP contribution in [0, 0.1) is 6.92 Å². The molecule has 3 aromatic rings. The number of aryl methyl sites for hydroxylation is 1. The van der Waals surface area contributed by atoms with Crippen molar-refractivity contribution < 1.29 is 23.5 Å². The standard InChI is InChI=1S/C20H19N3O5/c1-14-7-5-6-10-16(14)26-12-11-18(25)27-13-17(24)21-20-23-22-19(28-20)15-8-3-2-4-9-15/h2-10H,11-13H2,1H3,(H,21,23,24). The zero-order chi connectivity index (χ0) is 19.8. The Hall–Kier alpha value is -3.68. The van der Waals surface area contributed by atoms with Gasteiger partial charge in [-0.2, -0.15) is 0 Å². The van der Waals surface area contributed by atoms with E-state index >= 15 is 0 Å². The topological polar surface area (TPSA) is 104 Å². The molecule has 1 aromatic heterocycles. The molecule has 2 aromatic carbocycles. The van der Waals surface area contributed by atoms with Crippen LogP contribution in [0.5, 0.6) is 5.75 Å². The number of carbonyl (C=O) groups is 2. The van der Waals surface area contributed by atoms with E-state index in [0.29, 0.717) is 5.75 Å². The van der Waals surface area contributed by atoms with Crippen molar-refractivity contribution in [1.82, 2.24) is 10.2 Å². The minimum absolute atomic E-state index is 0.0281.